The molecule has 0 saturated carbocycles. The summed E-state index contributed by atoms with van der Waals surface area (Å²) in [6, 6.07) is 0.660. The molecular formula is C14H28N2O. The number of hydrogen-bond acceptors (Lipinski definition) is 3. The summed E-state index contributed by atoms with van der Waals surface area (Å²) in [7, 11) is 0. The van der Waals surface area contributed by atoms with Crippen molar-refractivity contribution in [3.05, 3.63) is 0 Å². The van der Waals surface area contributed by atoms with Gasteiger partial charge in [0.25, 0.3) is 0 Å². The molecule has 0 aliphatic carbocycles. The average molecular weight is 240 g/mol. The summed E-state index contributed by atoms with van der Waals surface area (Å²) in [5.41, 5.74) is 6.33. The fraction of sp³-hybridized carbons (Fsp3) is 1.00. The Hall–Kier alpha value is -0.120. The zero-order chi connectivity index (χ0) is 12.5. The van der Waals surface area contributed by atoms with Crippen molar-refractivity contribution in [2.24, 2.45) is 17.6 Å². The van der Waals surface area contributed by atoms with Crippen LogP contribution in [0.1, 0.15) is 40.0 Å². The van der Waals surface area contributed by atoms with Crippen molar-refractivity contribution < 1.29 is 4.74 Å². The van der Waals surface area contributed by atoms with Crippen molar-refractivity contribution in [2.75, 3.05) is 26.3 Å². The van der Waals surface area contributed by atoms with E-state index in [0.717, 1.165) is 44.4 Å². The molecule has 0 bridgehead atoms. The maximum atomic E-state index is 6.12. The molecule has 3 unspecified atom stereocenters. The van der Waals surface area contributed by atoms with E-state index in [1.165, 1.54) is 13.0 Å². The van der Waals surface area contributed by atoms with E-state index in [1.807, 2.05) is 0 Å². The van der Waals surface area contributed by atoms with E-state index < -0.39 is 0 Å². The van der Waals surface area contributed by atoms with Gasteiger partial charge in [-0.1, -0.05) is 13.8 Å². The predicted octanol–water partition coefficient (Wildman–Crippen LogP) is 1.86. The minimum Gasteiger partial charge on any atom is -0.381 e. The topological polar surface area (TPSA) is 38.5 Å². The van der Waals surface area contributed by atoms with Crippen molar-refractivity contribution in [1.29, 1.82) is 0 Å². The number of piperidine rings is 1. The van der Waals surface area contributed by atoms with E-state index in [4.69, 9.17) is 10.5 Å². The van der Waals surface area contributed by atoms with Gasteiger partial charge in [-0.05, 0) is 38.0 Å². The van der Waals surface area contributed by atoms with Crippen LogP contribution in [0.15, 0.2) is 0 Å². The fourth-order valence-electron chi connectivity index (χ4n) is 3.70. The molecule has 2 aliphatic heterocycles. The lowest BCUT2D eigenvalue weighted by atomic mass is 9.79. The van der Waals surface area contributed by atoms with Crippen LogP contribution in [-0.4, -0.2) is 42.8 Å². The number of nitrogens with two attached hydrogens (primary N) is 1. The molecule has 3 nitrogen and oxygen atoms in total. The SMILES string of the molecule is CC1CC(C)C(C)N(C2(CN)CCOCC2)C1. The normalized spacial score (nSPS) is 39.2. The molecule has 0 spiro atoms. The highest BCUT2D eigenvalue weighted by Gasteiger charge is 2.43. The third-order valence-electron chi connectivity index (χ3n) is 5.01. The Morgan fingerprint density at radius 2 is 1.88 bits per heavy atom. The maximum Gasteiger partial charge on any atom is 0.0484 e. The van der Waals surface area contributed by atoms with Crippen LogP contribution >= 0.6 is 0 Å². The summed E-state index contributed by atoms with van der Waals surface area (Å²) in [5, 5.41) is 0. The second kappa shape index (κ2) is 5.25. The highest BCUT2D eigenvalue weighted by atomic mass is 16.5. The first-order valence-electron chi connectivity index (χ1n) is 7.13. The third-order valence-corrected chi connectivity index (χ3v) is 5.01. The van der Waals surface area contributed by atoms with Crippen molar-refractivity contribution >= 4 is 0 Å². The first-order valence-corrected chi connectivity index (χ1v) is 7.13. The van der Waals surface area contributed by atoms with Crippen molar-refractivity contribution in [3.8, 4) is 0 Å². The van der Waals surface area contributed by atoms with Crippen LogP contribution in [0.3, 0.4) is 0 Å². The molecule has 2 fully saturated rings. The molecule has 100 valence electrons. The summed E-state index contributed by atoms with van der Waals surface area (Å²) in [4.78, 5) is 2.70. The van der Waals surface area contributed by atoms with E-state index in [-0.39, 0.29) is 5.54 Å². The Bertz CT molecular complexity index is 251. The number of ether oxygens (including phenoxy) is 1. The molecule has 0 aromatic heterocycles. The van der Waals surface area contributed by atoms with Gasteiger partial charge in [-0.15, -0.1) is 0 Å². The third kappa shape index (κ3) is 2.51. The van der Waals surface area contributed by atoms with Crippen LogP contribution in [0.2, 0.25) is 0 Å². The molecule has 17 heavy (non-hydrogen) atoms. The van der Waals surface area contributed by atoms with Gasteiger partial charge in [-0.3, -0.25) is 4.90 Å². The van der Waals surface area contributed by atoms with Gasteiger partial charge in [0, 0.05) is 37.9 Å². The van der Waals surface area contributed by atoms with Crippen LogP contribution in [-0.2, 0) is 4.74 Å². The second-order valence-corrected chi connectivity index (χ2v) is 6.25. The molecular weight excluding hydrogens is 212 g/mol. The molecule has 2 N–H and O–H groups in total. The molecule has 2 saturated heterocycles. The van der Waals surface area contributed by atoms with E-state index >= 15 is 0 Å². The summed E-state index contributed by atoms with van der Waals surface area (Å²) in [6.45, 7) is 10.9. The van der Waals surface area contributed by atoms with E-state index in [1.54, 1.807) is 0 Å². The largest absolute Gasteiger partial charge is 0.381 e. The summed E-state index contributed by atoms with van der Waals surface area (Å²) in [5.74, 6) is 1.58. The second-order valence-electron chi connectivity index (χ2n) is 6.25. The van der Waals surface area contributed by atoms with Crippen molar-refractivity contribution in [3.63, 3.8) is 0 Å². The molecule has 3 atom stereocenters. The highest BCUT2D eigenvalue weighted by Crippen LogP contribution is 2.36. The lowest BCUT2D eigenvalue weighted by molar-refractivity contribution is -0.0735. The van der Waals surface area contributed by atoms with E-state index in [0.29, 0.717) is 6.04 Å². The molecule has 3 heteroatoms. The molecule has 2 rings (SSSR count). The predicted molar refractivity (Wildman–Crippen MR) is 71.0 cm³/mol. The monoisotopic (exact) mass is 240 g/mol. The molecule has 2 heterocycles. The molecule has 0 amide bonds. The first-order chi connectivity index (χ1) is 8.09. The summed E-state index contributed by atoms with van der Waals surface area (Å²) in [6.07, 6.45) is 3.56. The Labute approximate surface area is 106 Å². The highest BCUT2D eigenvalue weighted by molar-refractivity contribution is 4.99. The van der Waals surface area contributed by atoms with Gasteiger partial charge in [-0.2, -0.15) is 0 Å². The van der Waals surface area contributed by atoms with E-state index in [2.05, 4.69) is 25.7 Å². The van der Waals surface area contributed by atoms with Crippen LogP contribution in [0.5, 0.6) is 0 Å². The number of likely N-dealkylation sites (tertiary alicyclic amines) is 1. The van der Waals surface area contributed by atoms with E-state index in [9.17, 15) is 0 Å². The van der Waals surface area contributed by atoms with Crippen LogP contribution < -0.4 is 5.73 Å². The van der Waals surface area contributed by atoms with Gasteiger partial charge in [0.1, 0.15) is 0 Å². The quantitative estimate of drug-likeness (QED) is 0.800. The Kier molecular flexibility index (Phi) is 4.11. The minimum absolute atomic E-state index is 0.209. The first kappa shape index (κ1) is 13.3. The van der Waals surface area contributed by atoms with Gasteiger partial charge in [0.05, 0.1) is 0 Å². The average Bonchev–Trinajstić information content (AvgIpc) is 2.34. The number of hydrogen-bond donors (Lipinski definition) is 1. The fourth-order valence-corrected chi connectivity index (χ4v) is 3.70. The Morgan fingerprint density at radius 1 is 1.24 bits per heavy atom. The molecule has 0 aromatic carbocycles. The van der Waals surface area contributed by atoms with Crippen LogP contribution in [0.25, 0.3) is 0 Å². The number of rotatable bonds is 2. The molecule has 0 aromatic rings. The lowest BCUT2D eigenvalue weighted by Crippen LogP contribution is -2.63. The standard InChI is InChI=1S/C14H28N2O/c1-11-8-12(2)13(3)16(9-11)14(10-15)4-6-17-7-5-14/h11-13H,4-10,15H2,1-3H3. The van der Waals surface area contributed by atoms with Gasteiger partial charge in [-0.25, -0.2) is 0 Å². The van der Waals surface area contributed by atoms with Crippen LogP contribution in [0.4, 0.5) is 0 Å². The zero-order valence-corrected chi connectivity index (χ0v) is 11.6. The van der Waals surface area contributed by atoms with Gasteiger partial charge < -0.3 is 10.5 Å². The Morgan fingerprint density at radius 3 is 2.47 bits per heavy atom. The van der Waals surface area contributed by atoms with Gasteiger partial charge >= 0.3 is 0 Å². The maximum absolute atomic E-state index is 6.12. The minimum atomic E-state index is 0.209. The Balaban J connectivity index is 2.16. The zero-order valence-electron chi connectivity index (χ0n) is 11.6. The molecule has 2 aliphatic rings. The van der Waals surface area contributed by atoms with Gasteiger partial charge in [0.2, 0.25) is 0 Å². The van der Waals surface area contributed by atoms with Crippen molar-refractivity contribution in [1.82, 2.24) is 4.90 Å². The van der Waals surface area contributed by atoms with Crippen molar-refractivity contribution in [2.45, 2.75) is 51.6 Å². The molecule has 0 radical (unpaired) electrons. The summed E-state index contributed by atoms with van der Waals surface area (Å²) < 4.78 is 5.52. The lowest BCUT2D eigenvalue weighted by Gasteiger charge is -2.53. The smallest absolute Gasteiger partial charge is 0.0484 e. The van der Waals surface area contributed by atoms with Gasteiger partial charge in [0.15, 0.2) is 0 Å². The van der Waals surface area contributed by atoms with Crippen LogP contribution in [0, 0.1) is 11.8 Å². The number of nitrogens with zero attached hydrogens (tertiary/aromatic N) is 1. The summed E-state index contributed by atoms with van der Waals surface area (Å²) >= 11 is 0.